The van der Waals surface area contributed by atoms with Gasteiger partial charge in [-0.1, -0.05) is 36.4 Å². The van der Waals surface area contributed by atoms with Gasteiger partial charge in [0.2, 0.25) is 5.91 Å². The standard InChI is InChI=1S/C18H18N4O2/c1-22(2)18(24)16(12-7-4-3-5-8-12)20-17(23)13-9-6-10-15-14(13)11-19-21-15/h3-11,16H,1-2H3,(H,19,21)(H,20,23)/t16-/m1/s1. The van der Waals surface area contributed by atoms with Gasteiger partial charge in [-0.15, -0.1) is 0 Å². The first kappa shape index (κ1) is 15.7. The van der Waals surface area contributed by atoms with Crippen LogP contribution in [0.4, 0.5) is 0 Å². The molecule has 1 aromatic heterocycles. The van der Waals surface area contributed by atoms with Crippen LogP contribution in [0.15, 0.2) is 54.7 Å². The summed E-state index contributed by atoms with van der Waals surface area (Å²) in [7, 11) is 3.34. The van der Waals surface area contributed by atoms with Crippen molar-refractivity contribution in [3.8, 4) is 0 Å². The summed E-state index contributed by atoms with van der Waals surface area (Å²) in [5.41, 5.74) is 2.00. The maximum Gasteiger partial charge on any atom is 0.252 e. The summed E-state index contributed by atoms with van der Waals surface area (Å²) < 4.78 is 0. The number of amides is 2. The molecule has 2 N–H and O–H groups in total. The third-order valence-electron chi connectivity index (χ3n) is 3.83. The molecule has 0 aliphatic carbocycles. The number of rotatable bonds is 4. The molecule has 0 radical (unpaired) electrons. The number of fused-ring (bicyclic) bond motifs is 1. The second-order valence-electron chi connectivity index (χ2n) is 5.69. The molecule has 3 rings (SSSR count). The number of hydrogen-bond donors (Lipinski definition) is 2. The van der Waals surface area contributed by atoms with Gasteiger partial charge in [-0.3, -0.25) is 14.7 Å². The van der Waals surface area contributed by atoms with Gasteiger partial charge in [0.1, 0.15) is 6.04 Å². The van der Waals surface area contributed by atoms with Crippen molar-refractivity contribution in [1.29, 1.82) is 0 Å². The first-order valence-corrected chi connectivity index (χ1v) is 7.57. The molecule has 0 bridgehead atoms. The lowest BCUT2D eigenvalue weighted by Crippen LogP contribution is -2.39. The van der Waals surface area contributed by atoms with E-state index in [0.717, 1.165) is 16.5 Å². The lowest BCUT2D eigenvalue weighted by Gasteiger charge is -2.22. The number of benzene rings is 2. The van der Waals surface area contributed by atoms with E-state index in [4.69, 9.17) is 0 Å². The van der Waals surface area contributed by atoms with Crippen molar-refractivity contribution >= 4 is 22.7 Å². The van der Waals surface area contributed by atoms with Gasteiger partial charge in [0.05, 0.1) is 17.3 Å². The van der Waals surface area contributed by atoms with E-state index >= 15 is 0 Å². The predicted molar refractivity (Wildman–Crippen MR) is 91.4 cm³/mol. The van der Waals surface area contributed by atoms with E-state index in [9.17, 15) is 9.59 Å². The van der Waals surface area contributed by atoms with Crippen molar-refractivity contribution in [2.24, 2.45) is 0 Å². The minimum Gasteiger partial charge on any atom is -0.347 e. The number of aromatic nitrogens is 2. The van der Waals surface area contributed by atoms with Crippen molar-refractivity contribution in [1.82, 2.24) is 20.4 Å². The van der Waals surface area contributed by atoms with Gasteiger partial charge in [-0.05, 0) is 17.7 Å². The van der Waals surface area contributed by atoms with Gasteiger partial charge >= 0.3 is 0 Å². The fourth-order valence-electron chi connectivity index (χ4n) is 2.57. The molecule has 0 saturated carbocycles. The van der Waals surface area contributed by atoms with Crippen LogP contribution in [0.3, 0.4) is 0 Å². The van der Waals surface area contributed by atoms with Crippen molar-refractivity contribution < 1.29 is 9.59 Å². The molecule has 2 amide bonds. The van der Waals surface area contributed by atoms with E-state index in [1.54, 1.807) is 32.4 Å². The van der Waals surface area contributed by atoms with Crippen molar-refractivity contribution in [2.45, 2.75) is 6.04 Å². The summed E-state index contributed by atoms with van der Waals surface area (Å²) in [5, 5.41) is 10.4. The third-order valence-corrected chi connectivity index (χ3v) is 3.83. The Kier molecular flexibility index (Phi) is 4.29. The van der Waals surface area contributed by atoms with Crippen LogP contribution >= 0.6 is 0 Å². The Hall–Kier alpha value is -3.15. The Labute approximate surface area is 139 Å². The molecular formula is C18H18N4O2. The summed E-state index contributed by atoms with van der Waals surface area (Å²) in [6.45, 7) is 0. The van der Waals surface area contributed by atoms with E-state index in [0.29, 0.717) is 5.56 Å². The molecular weight excluding hydrogens is 304 g/mol. The summed E-state index contributed by atoms with van der Waals surface area (Å²) in [4.78, 5) is 26.7. The number of carbonyl (C=O) groups is 2. The highest BCUT2D eigenvalue weighted by molar-refractivity contribution is 6.07. The third kappa shape index (κ3) is 2.99. The second-order valence-corrected chi connectivity index (χ2v) is 5.69. The van der Waals surface area contributed by atoms with Crippen LogP contribution < -0.4 is 5.32 Å². The highest BCUT2D eigenvalue weighted by Crippen LogP contribution is 2.19. The molecule has 3 aromatic rings. The van der Waals surface area contributed by atoms with Crippen LogP contribution in [-0.4, -0.2) is 41.0 Å². The quantitative estimate of drug-likeness (QED) is 0.772. The Morgan fingerprint density at radius 3 is 2.54 bits per heavy atom. The summed E-state index contributed by atoms with van der Waals surface area (Å²) in [6.07, 6.45) is 1.61. The zero-order valence-electron chi connectivity index (χ0n) is 13.5. The molecule has 2 aromatic carbocycles. The Morgan fingerprint density at radius 2 is 1.83 bits per heavy atom. The van der Waals surface area contributed by atoms with Gasteiger partial charge in [0.25, 0.3) is 5.91 Å². The lowest BCUT2D eigenvalue weighted by molar-refractivity contribution is -0.130. The number of nitrogens with zero attached hydrogens (tertiary/aromatic N) is 2. The van der Waals surface area contributed by atoms with E-state index < -0.39 is 6.04 Å². The largest absolute Gasteiger partial charge is 0.347 e. The molecule has 0 saturated heterocycles. The molecule has 1 atom stereocenters. The van der Waals surface area contributed by atoms with Crippen molar-refractivity contribution in [2.75, 3.05) is 14.1 Å². The fraction of sp³-hybridized carbons (Fsp3) is 0.167. The van der Waals surface area contributed by atoms with E-state index in [1.165, 1.54) is 4.90 Å². The maximum atomic E-state index is 12.7. The monoisotopic (exact) mass is 322 g/mol. The molecule has 1 heterocycles. The Morgan fingerprint density at radius 1 is 1.08 bits per heavy atom. The molecule has 0 aliphatic heterocycles. The predicted octanol–water partition coefficient (Wildman–Crippen LogP) is 2.12. The topological polar surface area (TPSA) is 78.1 Å². The van der Waals surface area contributed by atoms with Gasteiger partial charge in [0.15, 0.2) is 0 Å². The van der Waals surface area contributed by atoms with Crippen LogP contribution in [0.1, 0.15) is 22.0 Å². The van der Waals surface area contributed by atoms with Crippen LogP contribution in [0.5, 0.6) is 0 Å². The van der Waals surface area contributed by atoms with E-state index in [-0.39, 0.29) is 11.8 Å². The molecule has 122 valence electrons. The number of hydrogen-bond acceptors (Lipinski definition) is 3. The highest BCUT2D eigenvalue weighted by atomic mass is 16.2. The number of aromatic amines is 1. The minimum atomic E-state index is -0.740. The average molecular weight is 322 g/mol. The zero-order valence-corrected chi connectivity index (χ0v) is 13.5. The number of H-pyrrole nitrogens is 1. The Bertz CT molecular complexity index is 871. The lowest BCUT2D eigenvalue weighted by atomic mass is 10.0. The molecule has 0 unspecified atom stereocenters. The molecule has 0 aliphatic rings. The molecule has 0 spiro atoms. The smallest absolute Gasteiger partial charge is 0.252 e. The first-order valence-electron chi connectivity index (χ1n) is 7.57. The average Bonchev–Trinajstić information content (AvgIpc) is 3.08. The summed E-state index contributed by atoms with van der Waals surface area (Å²) in [5.74, 6) is -0.500. The van der Waals surface area contributed by atoms with Gasteiger partial charge in [0, 0.05) is 19.5 Å². The number of likely N-dealkylation sites (N-methyl/N-ethyl adjacent to an activating group) is 1. The summed E-state index contributed by atoms with van der Waals surface area (Å²) in [6, 6.07) is 13.8. The molecule has 0 fully saturated rings. The van der Waals surface area contributed by atoms with Gasteiger partial charge in [-0.25, -0.2) is 0 Å². The molecule has 6 nitrogen and oxygen atoms in total. The molecule has 6 heteroatoms. The van der Waals surface area contributed by atoms with Crippen LogP contribution in [0.25, 0.3) is 10.9 Å². The van der Waals surface area contributed by atoms with Crippen molar-refractivity contribution in [3.63, 3.8) is 0 Å². The number of carbonyl (C=O) groups excluding carboxylic acids is 2. The summed E-state index contributed by atoms with van der Waals surface area (Å²) >= 11 is 0. The highest BCUT2D eigenvalue weighted by Gasteiger charge is 2.25. The van der Waals surface area contributed by atoms with Crippen LogP contribution in [0.2, 0.25) is 0 Å². The van der Waals surface area contributed by atoms with Gasteiger partial charge in [-0.2, -0.15) is 5.10 Å². The molecule has 24 heavy (non-hydrogen) atoms. The fourth-order valence-corrected chi connectivity index (χ4v) is 2.57. The van der Waals surface area contributed by atoms with Crippen LogP contribution in [0, 0.1) is 0 Å². The van der Waals surface area contributed by atoms with E-state index in [1.807, 2.05) is 36.4 Å². The normalized spacial score (nSPS) is 11.9. The second kappa shape index (κ2) is 6.54. The minimum absolute atomic E-state index is 0.186. The Balaban J connectivity index is 1.94. The number of nitrogens with one attached hydrogen (secondary N) is 2. The zero-order chi connectivity index (χ0) is 17.1. The maximum absolute atomic E-state index is 12.7. The van der Waals surface area contributed by atoms with Crippen LogP contribution in [-0.2, 0) is 4.79 Å². The SMILES string of the molecule is CN(C)C(=O)[C@H](NC(=O)c1cccc2[nH]ncc12)c1ccccc1. The van der Waals surface area contributed by atoms with Gasteiger partial charge < -0.3 is 10.2 Å². The van der Waals surface area contributed by atoms with E-state index in [2.05, 4.69) is 15.5 Å². The first-order chi connectivity index (χ1) is 11.6. The van der Waals surface area contributed by atoms with Crippen molar-refractivity contribution in [3.05, 3.63) is 65.9 Å².